The number of nitrogen functional groups attached to an aromatic ring is 1. The number of esters is 1. The number of methoxy groups -OCH3 is 2. The van der Waals surface area contributed by atoms with E-state index >= 15 is 0 Å². The van der Waals surface area contributed by atoms with Crippen LogP contribution < -0.4 is 10.6 Å². The van der Waals surface area contributed by atoms with Crippen molar-refractivity contribution in [1.29, 1.82) is 0 Å². The molecule has 0 aliphatic rings. The Labute approximate surface area is 111 Å². The van der Waals surface area contributed by atoms with E-state index in [2.05, 4.69) is 4.37 Å². The molecule has 1 rings (SSSR count). The van der Waals surface area contributed by atoms with Crippen LogP contribution >= 0.6 is 11.5 Å². The smallest absolute Gasteiger partial charge is 0.344 e. The third kappa shape index (κ3) is 2.91. The van der Waals surface area contributed by atoms with Gasteiger partial charge in [-0.05, 0) is 25.4 Å². The van der Waals surface area contributed by atoms with Crippen molar-refractivity contribution < 1.29 is 14.3 Å². The number of likely N-dealkylation sites (N-methyl/N-ethyl adjacent to an activating group) is 1. The molecule has 18 heavy (non-hydrogen) atoms. The van der Waals surface area contributed by atoms with E-state index in [1.54, 1.807) is 7.11 Å². The van der Waals surface area contributed by atoms with Crippen LogP contribution in [0.4, 0.5) is 10.8 Å². The van der Waals surface area contributed by atoms with E-state index < -0.39 is 5.97 Å². The zero-order valence-corrected chi connectivity index (χ0v) is 11.9. The molecule has 0 spiro atoms. The molecule has 102 valence electrons. The van der Waals surface area contributed by atoms with Crippen LogP contribution in [0.5, 0.6) is 0 Å². The fourth-order valence-corrected chi connectivity index (χ4v) is 2.74. The molecule has 0 aliphatic heterocycles. The van der Waals surface area contributed by atoms with E-state index in [1.165, 1.54) is 18.6 Å². The Hall–Kier alpha value is -1.34. The van der Waals surface area contributed by atoms with Crippen molar-refractivity contribution in [2.24, 2.45) is 0 Å². The summed E-state index contributed by atoms with van der Waals surface area (Å²) in [6.45, 7) is 5.31. The van der Waals surface area contributed by atoms with Gasteiger partial charge in [0, 0.05) is 13.7 Å². The molecule has 1 heterocycles. The maximum absolute atomic E-state index is 11.7. The number of anilines is 2. The van der Waals surface area contributed by atoms with Crippen LogP contribution in [-0.2, 0) is 9.47 Å². The number of ether oxygens (including phenoxy) is 2. The summed E-state index contributed by atoms with van der Waals surface area (Å²) < 4.78 is 13.9. The van der Waals surface area contributed by atoms with Gasteiger partial charge in [-0.3, -0.25) is 0 Å². The first-order chi connectivity index (χ1) is 8.56. The maximum Gasteiger partial charge on any atom is 0.344 e. The SMILES string of the molecule is CCN(c1snc(N)c1C(=O)OC)C(C)COC. The van der Waals surface area contributed by atoms with Gasteiger partial charge in [0.15, 0.2) is 5.82 Å². The van der Waals surface area contributed by atoms with Crippen molar-refractivity contribution in [2.75, 3.05) is 38.0 Å². The lowest BCUT2D eigenvalue weighted by Gasteiger charge is -2.28. The number of nitrogens with zero attached hydrogens (tertiary/aromatic N) is 2. The summed E-state index contributed by atoms with van der Waals surface area (Å²) in [5, 5.41) is 0.728. The average Bonchev–Trinajstić information content (AvgIpc) is 2.72. The molecule has 0 amide bonds. The Balaban J connectivity index is 3.10. The van der Waals surface area contributed by atoms with Gasteiger partial charge in [-0.25, -0.2) is 4.79 Å². The summed E-state index contributed by atoms with van der Waals surface area (Å²) in [6, 6.07) is 0.128. The van der Waals surface area contributed by atoms with Gasteiger partial charge in [-0.2, -0.15) is 4.37 Å². The number of aromatic nitrogens is 1. The van der Waals surface area contributed by atoms with Gasteiger partial charge in [-0.15, -0.1) is 0 Å². The fraction of sp³-hybridized carbons (Fsp3) is 0.636. The summed E-state index contributed by atoms with van der Waals surface area (Å²) >= 11 is 1.20. The second kappa shape index (κ2) is 6.55. The molecule has 7 heteroatoms. The minimum Gasteiger partial charge on any atom is -0.465 e. The first kappa shape index (κ1) is 14.7. The molecule has 2 N–H and O–H groups in total. The minimum absolute atomic E-state index is 0.128. The van der Waals surface area contributed by atoms with E-state index in [1.807, 2.05) is 18.7 Å². The first-order valence-corrected chi connectivity index (χ1v) is 6.43. The molecule has 0 aromatic carbocycles. The molecule has 6 nitrogen and oxygen atoms in total. The van der Waals surface area contributed by atoms with E-state index in [4.69, 9.17) is 15.2 Å². The molecule has 0 saturated carbocycles. The Kier molecular flexibility index (Phi) is 5.36. The highest BCUT2D eigenvalue weighted by Crippen LogP contribution is 2.32. The number of nitrogens with two attached hydrogens (primary N) is 1. The zero-order valence-electron chi connectivity index (χ0n) is 11.1. The van der Waals surface area contributed by atoms with Crippen LogP contribution in [0.1, 0.15) is 24.2 Å². The first-order valence-electron chi connectivity index (χ1n) is 5.65. The second-order valence-corrected chi connectivity index (χ2v) is 4.58. The molecule has 0 saturated heterocycles. The highest BCUT2D eigenvalue weighted by atomic mass is 32.1. The standard InChI is InChI=1S/C11H19N3O3S/c1-5-14(7(2)6-16-3)10-8(11(15)17-4)9(12)13-18-10/h7H,5-6H2,1-4H3,(H2,12,13). The lowest BCUT2D eigenvalue weighted by Crippen LogP contribution is -2.36. The van der Waals surface area contributed by atoms with Crippen LogP contribution in [0.3, 0.4) is 0 Å². The lowest BCUT2D eigenvalue weighted by molar-refractivity contribution is 0.0602. The van der Waals surface area contributed by atoms with Gasteiger partial charge >= 0.3 is 5.97 Å². The summed E-state index contributed by atoms with van der Waals surface area (Å²) in [5.74, 6) is -0.246. The van der Waals surface area contributed by atoms with Crippen LogP contribution in [0.15, 0.2) is 0 Å². The molecular formula is C11H19N3O3S. The van der Waals surface area contributed by atoms with Gasteiger partial charge in [-0.1, -0.05) is 0 Å². The van der Waals surface area contributed by atoms with Gasteiger partial charge in [0.1, 0.15) is 10.6 Å². The molecule has 1 aromatic rings. The topological polar surface area (TPSA) is 77.7 Å². The zero-order chi connectivity index (χ0) is 13.7. The molecular weight excluding hydrogens is 254 g/mol. The largest absolute Gasteiger partial charge is 0.465 e. The van der Waals surface area contributed by atoms with Crippen molar-refractivity contribution in [2.45, 2.75) is 19.9 Å². The summed E-state index contributed by atoms with van der Waals surface area (Å²) in [4.78, 5) is 13.8. The number of hydrogen-bond donors (Lipinski definition) is 1. The summed E-state index contributed by atoms with van der Waals surface area (Å²) in [7, 11) is 2.98. The predicted molar refractivity (Wildman–Crippen MR) is 72.2 cm³/mol. The second-order valence-electron chi connectivity index (χ2n) is 3.83. The van der Waals surface area contributed by atoms with Crippen molar-refractivity contribution in [3.8, 4) is 0 Å². The Morgan fingerprint density at radius 3 is 2.72 bits per heavy atom. The molecule has 1 atom stereocenters. The van der Waals surface area contributed by atoms with Crippen LogP contribution in [-0.4, -0.2) is 43.8 Å². The van der Waals surface area contributed by atoms with Crippen LogP contribution in [0.2, 0.25) is 0 Å². The number of carbonyl (C=O) groups is 1. The fourth-order valence-electron chi connectivity index (χ4n) is 1.77. The summed E-state index contributed by atoms with van der Waals surface area (Å²) in [5.41, 5.74) is 6.07. The van der Waals surface area contributed by atoms with E-state index in [-0.39, 0.29) is 11.9 Å². The van der Waals surface area contributed by atoms with Crippen LogP contribution in [0, 0.1) is 0 Å². The molecule has 1 aromatic heterocycles. The lowest BCUT2D eigenvalue weighted by atomic mass is 10.2. The number of rotatable bonds is 6. The van der Waals surface area contributed by atoms with Crippen molar-refractivity contribution in [3.63, 3.8) is 0 Å². The van der Waals surface area contributed by atoms with Crippen molar-refractivity contribution in [3.05, 3.63) is 5.56 Å². The summed E-state index contributed by atoms with van der Waals surface area (Å²) in [6.07, 6.45) is 0. The molecule has 1 unspecified atom stereocenters. The molecule has 0 aliphatic carbocycles. The van der Waals surface area contributed by atoms with Gasteiger partial charge < -0.3 is 20.1 Å². The minimum atomic E-state index is -0.459. The average molecular weight is 273 g/mol. The highest BCUT2D eigenvalue weighted by Gasteiger charge is 2.26. The van der Waals surface area contributed by atoms with Gasteiger partial charge in [0.2, 0.25) is 0 Å². The van der Waals surface area contributed by atoms with Gasteiger partial charge in [0.05, 0.1) is 19.8 Å². The van der Waals surface area contributed by atoms with Gasteiger partial charge in [0.25, 0.3) is 0 Å². The molecule has 0 fully saturated rings. The highest BCUT2D eigenvalue weighted by molar-refractivity contribution is 7.11. The number of carbonyl (C=O) groups excluding carboxylic acids is 1. The molecule has 0 bridgehead atoms. The van der Waals surface area contributed by atoms with E-state index in [0.29, 0.717) is 12.2 Å². The normalized spacial score (nSPS) is 12.2. The predicted octanol–water partition coefficient (Wildman–Crippen LogP) is 1.37. The monoisotopic (exact) mass is 273 g/mol. The Morgan fingerprint density at radius 1 is 1.56 bits per heavy atom. The Bertz CT molecular complexity index is 408. The third-order valence-corrected chi connectivity index (χ3v) is 3.53. The van der Waals surface area contributed by atoms with Crippen LogP contribution in [0.25, 0.3) is 0 Å². The van der Waals surface area contributed by atoms with Crippen molar-refractivity contribution in [1.82, 2.24) is 4.37 Å². The molecule has 0 radical (unpaired) electrons. The Morgan fingerprint density at radius 2 is 2.22 bits per heavy atom. The van der Waals surface area contributed by atoms with E-state index in [9.17, 15) is 4.79 Å². The maximum atomic E-state index is 11.7. The van der Waals surface area contributed by atoms with Crippen molar-refractivity contribution >= 4 is 28.3 Å². The third-order valence-electron chi connectivity index (χ3n) is 2.63. The van der Waals surface area contributed by atoms with E-state index in [0.717, 1.165) is 11.5 Å². The number of hydrogen-bond acceptors (Lipinski definition) is 7. The quantitative estimate of drug-likeness (QED) is 0.789.